The SMILES string of the molecule is Cc1[nH]nc(CN)c1S(=O)(=O)Nc1cccc(Cl)c1. The maximum absolute atomic E-state index is 12.3. The van der Waals surface area contributed by atoms with Gasteiger partial charge in [-0.2, -0.15) is 5.10 Å². The highest BCUT2D eigenvalue weighted by molar-refractivity contribution is 7.92. The number of sulfonamides is 1. The van der Waals surface area contributed by atoms with Gasteiger partial charge in [-0.15, -0.1) is 0 Å². The Morgan fingerprint density at radius 1 is 1.47 bits per heavy atom. The van der Waals surface area contributed by atoms with Gasteiger partial charge in [-0.3, -0.25) is 9.82 Å². The van der Waals surface area contributed by atoms with Crippen molar-refractivity contribution in [2.45, 2.75) is 18.4 Å². The summed E-state index contributed by atoms with van der Waals surface area (Å²) in [5.41, 5.74) is 6.61. The average Bonchev–Trinajstić information content (AvgIpc) is 2.70. The molecule has 0 aliphatic heterocycles. The maximum Gasteiger partial charge on any atom is 0.265 e. The number of H-pyrrole nitrogens is 1. The molecule has 8 heteroatoms. The van der Waals surface area contributed by atoms with Crippen LogP contribution in [0.2, 0.25) is 5.02 Å². The summed E-state index contributed by atoms with van der Waals surface area (Å²) in [4.78, 5) is 0.0787. The molecule has 0 amide bonds. The summed E-state index contributed by atoms with van der Waals surface area (Å²) in [6, 6.07) is 6.46. The third-order valence-corrected chi connectivity index (χ3v) is 4.32. The Balaban J connectivity index is 2.40. The quantitative estimate of drug-likeness (QED) is 0.799. The number of aromatic amines is 1. The summed E-state index contributed by atoms with van der Waals surface area (Å²) in [6.07, 6.45) is 0. The summed E-state index contributed by atoms with van der Waals surface area (Å²) in [5.74, 6) is 0. The highest BCUT2D eigenvalue weighted by Crippen LogP contribution is 2.22. The largest absolute Gasteiger partial charge is 0.325 e. The van der Waals surface area contributed by atoms with Crippen LogP contribution >= 0.6 is 11.6 Å². The van der Waals surface area contributed by atoms with E-state index in [9.17, 15) is 8.42 Å². The smallest absolute Gasteiger partial charge is 0.265 e. The van der Waals surface area contributed by atoms with Gasteiger partial charge in [0, 0.05) is 11.6 Å². The number of rotatable bonds is 4. The van der Waals surface area contributed by atoms with Gasteiger partial charge < -0.3 is 5.73 Å². The molecule has 4 N–H and O–H groups in total. The fourth-order valence-electron chi connectivity index (χ4n) is 1.72. The normalized spacial score (nSPS) is 11.5. The van der Waals surface area contributed by atoms with Crippen LogP contribution in [0.5, 0.6) is 0 Å². The number of anilines is 1. The first-order chi connectivity index (χ1) is 8.94. The molecule has 2 aromatic rings. The van der Waals surface area contributed by atoms with Crippen LogP contribution in [0.25, 0.3) is 0 Å². The average molecular weight is 301 g/mol. The number of aryl methyl sites for hydroxylation is 1. The zero-order valence-corrected chi connectivity index (χ0v) is 11.7. The van der Waals surface area contributed by atoms with Crippen molar-refractivity contribution in [1.82, 2.24) is 10.2 Å². The third-order valence-electron chi connectivity index (χ3n) is 2.50. The molecule has 0 fully saturated rings. The standard InChI is InChI=1S/C11H13ClN4O2S/c1-7-11(10(6-13)15-14-7)19(17,18)16-9-4-2-3-8(12)5-9/h2-5,16H,6,13H2,1H3,(H,14,15). The zero-order valence-electron chi connectivity index (χ0n) is 10.1. The number of aromatic nitrogens is 2. The molecule has 0 aliphatic rings. The molecule has 0 radical (unpaired) electrons. The predicted molar refractivity (Wildman–Crippen MR) is 73.5 cm³/mol. The number of halogens is 1. The molecule has 19 heavy (non-hydrogen) atoms. The van der Waals surface area contributed by atoms with Crippen molar-refractivity contribution in [3.8, 4) is 0 Å². The molecule has 0 saturated heterocycles. The van der Waals surface area contributed by atoms with E-state index in [1.54, 1.807) is 25.1 Å². The number of nitrogens with two attached hydrogens (primary N) is 1. The van der Waals surface area contributed by atoms with Crippen molar-refractivity contribution in [3.63, 3.8) is 0 Å². The van der Waals surface area contributed by atoms with Crippen LogP contribution in [0.1, 0.15) is 11.4 Å². The van der Waals surface area contributed by atoms with Gasteiger partial charge in [0.1, 0.15) is 4.90 Å². The van der Waals surface area contributed by atoms with Crippen LogP contribution in [0, 0.1) is 6.92 Å². The number of hydrogen-bond acceptors (Lipinski definition) is 4. The molecule has 0 atom stereocenters. The van der Waals surface area contributed by atoms with Crippen molar-refractivity contribution >= 4 is 27.3 Å². The lowest BCUT2D eigenvalue weighted by Gasteiger charge is -2.08. The van der Waals surface area contributed by atoms with Crippen molar-refractivity contribution in [2.75, 3.05) is 4.72 Å². The first-order valence-corrected chi connectivity index (χ1v) is 7.32. The second-order valence-corrected chi connectivity index (χ2v) is 6.00. The van der Waals surface area contributed by atoms with E-state index in [0.29, 0.717) is 22.1 Å². The van der Waals surface area contributed by atoms with Crippen molar-refractivity contribution in [3.05, 3.63) is 40.7 Å². The molecular weight excluding hydrogens is 288 g/mol. The maximum atomic E-state index is 12.3. The van der Waals surface area contributed by atoms with Crippen LogP contribution in [-0.2, 0) is 16.6 Å². The number of hydrogen-bond donors (Lipinski definition) is 3. The van der Waals surface area contributed by atoms with E-state index in [2.05, 4.69) is 14.9 Å². The first-order valence-electron chi connectivity index (χ1n) is 5.46. The molecule has 1 heterocycles. The van der Waals surface area contributed by atoms with Gasteiger partial charge in [0.25, 0.3) is 10.0 Å². The Bertz CT molecular complexity index is 696. The van der Waals surface area contributed by atoms with Crippen LogP contribution in [0.4, 0.5) is 5.69 Å². The molecule has 6 nitrogen and oxygen atoms in total. The highest BCUT2D eigenvalue weighted by Gasteiger charge is 2.23. The van der Waals surface area contributed by atoms with E-state index in [1.807, 2.05) is 0 Å². The Kier molecular flexibility index (Phi) is 3.79. The lowest BCUT2D eigenvalue weighted by molar-refractivity contribution is 0.599. The summed E-state index contributed by atoms with van der Waals surface area (Å²) >= 11 is 5.82. The third kappa shape index (κ3) is 2.89. The van der Waals surface area contributed by atoms with E-state index in [-0.39, 0.29) is 11.4 Å². The minimum Gasteiger partial charge on any atom is -0.325 e. The fraction of sp³-hybridized carbons (Fsp3) is 0.182. The topological polar surface area (TPSA) is 101 Å². The van der Waals surface area contributed by atoms with Crippen LogP contribution in [0.3, 0.4) is 0 Å². The molecular formula is C11H13ClN4O2S. The van der Waals surface area contributed by atoms with Gasteiger partial charge in [0.05, 0.1) is 17.1 Å². The van der Waals surface area contributed by atoms with E-state index in [0.717, 1.165) is 0 Å². The van der Waals surface area contributed by atoms with Gasteiger partial charge >= 0.3 is 0 Å². The van der Waals surface area contributed by atoms with Gasteiger partial charge in [0.15, 0.2) is 0 Å². The van der Waals surface area contributed by atoms with Crippen LogP contribution < -0.4 is 10.5 Å². The Hall–Kier alpha value is -1.57. The lowest BCUT2D eigenvalue weighted by atomic mass is 10.3. The number of nitrogens with zero attached hydrogens (tertiary/aromatic N) is 1. The van der Waals surface area contributed by atoms with Crippen molar-refractivity contribution in [1.29, 1.82) is 0 Å². The zero-order chi connectivity index (χ0) is 14.0. The number of nitrogens with one attached hydrogen (secondary N) is 2. The van der Waals surface area contributed by atoms with Crippen LogP contribution in [-0.4, -0.2) is 18.6 Å². The summed E-state index contributed by atoms with van der Waals surface area (Å²) in [7, 11) is -3.74. The van der Waals surface area contributed by atoms with Gasteiger partial charge in [0.2, 0.25) is 0 Å². The molecule has 102 valence electrons. The van der Waals surface area contributed by atoms with Gasteiger partial charge in [-0.05, 0) is 25.1 Å². The van der Waals surface area contributed by atoms with E-state index < -0.39 is 10.0 Å². The van der Waals surface area contributed by atoms with Crippen LogP contribution in [0.15, 0.2) is 29.2 Å². The van der Waals surface area contributed by atoms with E-state index in [1.165, 1.54) is 6.07 Å². The molecule has 0 spiro atoms. The fourth-order valence-corrected chi connectivity index (χ4v) is 3.34. The van der Waals surface area contributed by atoms with Gasteiger partial charge in [-0.1, -0.05) is 17.7 Å². The molecule has 2 rings (SSSR count). The molecule has 0 aliphatic carbocycles. The Morgan fingerprint density at radius 2 is 2.21 bits per heavy atom. The van der Waals surface area contributed by atoms with E-state index >= 15 is 0 Å². The lowest BCUT2D eigenvalue weighted by Crippen LogP contribution is -2.16. The molecule has 0 saturated carbocycles. The minimum atomic E-state index is -3.74. The first kappa shape index (κ1) is 13.9. The molecule has 0 unspecified atom stereocenters. The Labute approximate surface area is 116 Å². The predicted octanol–water partition coefficient (Wildman–Crippen LogP) is 1.63. The van der Waals surface area contributed by atoms with Crippen molar-refractivity contribution in [2.24, 2.45) is 5.73 Å². The van der Waals surface area contributed by atoms with E-state index in [4.69, 9.17) is 17.3 Å². The summed E-state index contributed by atoms with van der Waals surface area (Å²) in [5, 5.41) is 6.93. The Morgan fingerprint density at radius 3 is 2.84 bits per heavy atom. The number of benzene rings is 1. The van der Waals surface area contributed by atoms with Gasteiger partial charge in [-0.25, -0.2) is 8.42 Å². The van der Waals surface area contributed by atoms with Crippen molar-refractivity contribution < 1.29 is 8.42 Å². The monoisotopic (exact) mass is 300 g/mol. The second kappa shape index (κ2) is 5.20. The summed E-state index contributed by atoms with van der Waals surface area (Å²) in [6.45, 7) is 1.66. The summed E-state index contributed by atoms with van der Waals surface area (Å²) < 4.78 is 27.1. The highest BCUT2D eigenvalue weighted by atomic mass is 35.5. The molecule has 0 bridgehead atoms. The minimum absolute atomic E-state index is 0.0378. The second-order valence-electron chi connectivity index (χ2n) is 3.94. The molecule has 1 aromatic heterocycles. The molecule has 1 aromatic carbocycles.